The van der Waals surface area contributed by atoms with Crippen LogP contribution >= 0.6 is 0 Å². The molecule has 16 nitrogen and oxygen atoms in total. The van der Waals surface area contributed by atoms with Crippen molar-refractivity contribution >= 4 is 35.5 Å². The molecule has 1 aromatic rings. The lowest BCUT2D eigenvalue weighted by Crippen LogP contribution is -2.55. The smallest absolute Gasteiger partial charge is 0.407 e. The van der Waals surface area contributed by atoms with Crippen molar-refractivity contribution in [3.05, 3.63) is 39.9 Å². The lowest BCUT2D eigenvalue weighted by Gasteiger charge is -2.25. The number of hydrogen-bond acceptors (Lipinski definition) is 10. The van der Waals surface area contributed by atoms with Crippen molar-refractivity contribution in [2.45, 2.75) is 103 Å². The number of nitrogens with two attached hydrogens (primary N) is 1. The number of esters is 1. The summed E-state index contributed by atoms with van der Waals surface area (Å²) in [6.07, 6.45) is 1.75. The maximum Gasteiger partial charge on any atom is 0.407 e. The van der Waals surface area contributed by atoms with Gasteiger partial charge in [0.1, 0.15) is 24.3 Å². The minimum Gasteiger partial charge on any atom is -0.459 e. The quantitative estimate of drug-likeness (QED) is 0.0282. The van der Waals surface area contributed by atoms with Gasteiger partial charge in [-0.15, -0.1) is 0 Å². The Kier molecular flexibility index (Phi) is 17.8. The number of alkyl carbamates (subject to hydrolysis) is 1. The van der Waals surface area contributed by atoms with Crippen LogP contribution in [0.3, 0.4) is 0 Å². The zero-order valence-corrected chi connectivity index (χ0v) is 28.3. The van der Waals surface area contributed by atoms with Gasteiger partial charge in [0.2, 0.25) is 11.8 Å². The zero-order valence-electron chi connectivity index (χ0n) is 28.3. The topological polar surface area (TPSA) is 240 Å². The Balaban J connectivity index is 2.83. The van der Waals surface area contributed by atoms with Gasteiger partial charge < -0.3 is 41.8 Å². The molecule has 3 amide bonds. The second kappa shape index (κ2) is 20.6. The highest BCUT2D eigenvalue weighted by atomic mass is 16.6. The Labute approximate surface area is 276 Å². The van der Waals surface area contributed by atoms with E-state index >= 15 is 0 Å². The first-order valence-corrected chi connectivity index (χ1v) is 15.8. The largest absolute Gasteiger partial charge is 0.459 e. The Morgan fingerprint density at radius 2 is 1.55 bits per heavy atom. The van der Waals surface area contributed by atoms with E-state index in [4.69, 9.17) is 20.6 Å². The fourth-order valence-corrected chi connectivity index (χ4v) is 4.21. The van der Waals surface area contributed by atoms with Crippen LogP contribution in [0.25, 0.3) is 0 Å². The average molecular weight is 665 g/mol. The summed E-state index contributed by atoms with van der Waals surface area (Å²) in [6.45, 7) is 9.61. The van der Waals surface area contributed by atoms with Crippen LogP contribution < -0.4 is 32.3 Å². The molecule has 8 N–H and O–H groups in total. The third-order valence-corrected chi connectivity index (χ3v) is 6.64. The van der Waals surface area contributed by atoms with E-state index < -0.39 is 52.5 Å². The third-order valence-electron chi connectivity index (χ3n) is 6.64. The van der Waals surface area contributed by atoms with E-state index in [0.29, 0.717) is 44.3 Å². The number of non-ortho nitro benzene ring substituents is 1. The van der Waals surface area contributed by atoms with Crippen LogP contribution in [-0.2, 0) is 30.5 Å². The molecule has 0 aliphatic rings. The molecule has 0 saturated heterocycles. The number of nitro groups is 1. The number of nitro benzene ring substituents is 1. The van der Waals surface area contributed by atoms with Gasteiger partial charge in [-0.1, -0.05) is 13.8 Å². The fraction of sp³-hybridized carbons (Fsp3) is 0.645. The number of rotatable bonds is 19. The molecule has 0 saturated carbocycles. The molecule has 0 heterocycles. The van der Waals surface area contributed by atoms with Gasteiger partial charge in [0.15, 0.2) is 5.96 Å². The molecular formula is C31H52N8O8. The predicted molar refractivity (Wildman–Crippen MR) is 176 cm³/mol. The molecule has 0 aliphatic heterocycles. The van der Waals surface area contributed by atoms with Crippen molar-refractivity contribution in [2.24, 2.45) is 11.7 Å². The molecule has 0 bridgehead atoms. The van der Waals surface area contributed by atoms with Crippen LogP contribution in [0.4, 0.5) is 10.5 Å². The summed E-state index contributed by atoms with van der Waals surface area (Å²) in [4.78, 5) is 61.7. The maximum atomic E-state index is 13.5. The van der Waals surface area contributed by atoms with Crippen LogP contribution in [0.2, 0.25) is 0 Å². The van der Waals surface area contributed by atoms with Gasteiger partial charge in [-0.25, -0.2) is 9.59 Å². The number of nitrogens with one attached hydrogen (secondary N) is 6. The Hall–Kier alpha value is -4.47. The highest BCUT2D eigenvalue weighted by molar-refractivity contribution is 5.92. The number of hydrogen-bond donors (Lipinski definition) is 7. The first kappa shape index (κ1) is 40.6. The summed E-state index contributed by atoms with van der Waals surface area (Å²) in [5.74, 6) is -1.70. The minimum atomic E-state index is -1.02. The molecular weight excluding hydrogens is 612 g/mol. The van der Waals surface area contributed by atoms with Gasteiger partial charge >= 0.3 is 12.1 Å². The van der Waals surface area contributed by atoms with Crippen molar-refractivity contribution in [3.63, 3.8) is 0 Å². The molecule has 0 spiro atoms. The van der Waals surface area contributed by atoms with E-state index in [9.17, 15) is 29.3 Å². The number of carbonyl (C=O) groups excluding carboxylic acids is 4. The molecule has 0 aromatic heterocycles. The summed E-state index contributed by atoms with van der Waals surface area (Å²) >= 11 is 0. The summed E-state index contributed by atoms with van der Waals surface area (Å²) in [7, 11) is 1.59. The first-order valence-electron chi connectivity index (χ1n) is 15.8. The van der Waals surface area contributed by atoms with Crippen LogP contribution in [-0.4, -0.2) is 78.6 Å². The van der Waals surface area contributed by atoms with E-state index in [-0.39, 0.29) is 37.0 Å². The third kappa shape index (κ3) is 17.7. The maximum absolute atomic E-state index is 13.5. The van der Waals surface area contributed by atoms with Crippen molar-refractivity contribution in [3.8, 4) is 0 Å². The van der Waals surface area contributed by atoms with Gasteiger partial charge in [0, 0.05) is 32.3 Å². The molecule has 1 aromatic carbocycles. The molecule has 0 radical (unpaired) electrons. The molecule has 16 heteroatoms. The molecule has 0 unspecified atom stereocenters. The van der Waals surface area contributed by atoms with Crippen LogP contribution in [0, 0.1) is 21.4 Å². The minimum absolute atomic E-state index is 0.00949. The van der Waals surface area contributed by atoms with Crippen LogP contribution in [0.15, 0.2) is 24.3 Å². The van der Waals surface area contributed by atoms with Gasteiger partial charge in [-0.05, 0) is 82.9 Å². The molecule has 264 valence electrons. The van der Waals surface area contributed by atoms with Gasteiger partial charge in [-0.2, -0.15) is 0 Å². The lowest BCUT2D eigenvalue weighted by molar-refractivity contribution is -0.384. The summed E-state index contributed by atoms with van der Waals surface area (Å²) in [5.41, 5.74) is 5.96. The summed E-state index contributed by atoms with van der Waals surface area (Å²) in [6, 6.07) is 2.63. The van der Waals surface area contributed by atoms with E-state index in [1.165, 1.54) is 24.3 Å². The zero-order chi connectivity index (χ0) is 35.6. The molecule has 0 fully saturated rings. The van der Waals surface area contributed by atoms with Gasteiger partial charge in [0.25, 0.3) is 5.69 Å². The summed E-state index contributed by atoms with van der Waals surface area (Å²) in [5, 5.41) is 32.1. The predicted octanol–water partition coefficient (Wildman–Crippen LogP) is 2.20. The van der Waals surface area contributed by atoms with Crippen molar-refractivity contribution < 1.29 is 33.6 Å². The monoisotopic (exact) mass is 664 g/mol. The van der Waals surface area contributed by atoms with E-state index in [1.54, 1.807) is 27.8 Å². The number of unbranched alkanes of at least 4 members (excludes halogenated alkanes) is 1. The number of carbonyl (C=O) groups is 4. The van der Waals surface area contributed by atoms with E-state index in [0.717, 1.165) is 0 Å². The second-order valence-corrected chi connectivity index (χ2v) is 12.5. The SMILES string of the molecule is CNC(=N)NCCC[C@@H](NC(=O)[C@H](N)CCCCNC(=O)OC(C)(C)C)C(=O)N[C@@H](CC(C)C)C(=O)OCc1ccc([N+](=O)[O-])cc1. The first-order chi connectivity index (χ1) is 22.0. The van der Waals surface area contributed by atoms with Gasteiger partial charge in [0.05, 0.1) is 11.0 Å². The average Bonchev–Trinajstić information content (AvgIpc) is 2.99. The number of ether oxygens (including phenoxy) is 2. The van der Waals surface area contributed by atoms with Crippen LogP contribution in [0.5, 0.6) is 0 Å². The number of benzene rings is 1. The molecule has 1 rings (SSSR count). The molecule has 47 heavy (non-hydrogen) atoms. The highest BCUT2D eigenvalue weighted by Crippen LogP contribution is 2.14. The van der Waals surface area contributed by atoms with E-state index in [2.05, 4.69) is 26.6 Å². The van der Waals surface area contributed by atoms with Crippen molar-refractivity contribution in [2.75, 3.05) is 20.1 Å². The van der Waals surface area contributed by atoms with Crippen molar-refractivity contribution in [1.82, 2.24) is 26.6 Å². The Morgan fingerprint density at radius 3 is 2.13 bits per heavy atom. The van der Waals surface area contributed by atoms with Gasteiger partial charge in [-0.3, -0.25) is 25.1 Å². The lowest BCUT2D eigenvalue weighted by atomic mass is 10.0. The highest BCUT2D eigenvalue weighted by Gasteiger charge is 2.29. The Bertz CT molecular complexity index is 1190. The van der Waals surface area contributed by atoms with E-state index in [1.807, 2.05) is 13.8 Å². The normalized spacial score (nSPS) is 13.0. The Morgan fingerprint density at radius 1 is 0.936 bits per heavy atom. The second-order valence-electron chi connectivity index (χ2n) is 12.5. The van der Waals surface area contributed by atoms with Crippen molar-refractivity contribution in [1.29, 1.82) is 5.41 Å². The molecule has 3 atom stereocenters. The number of guanidine groups is 1. The van der Waals surface area contributed by atoms with Crippen LogP contribution in [0.1, 0.15) is 78.7 Å². The fourth-order valence-electron chi connectivity index (χ4n) is 4.21. The number of amides is 3. The summed E-state index contributed by atoms with van der Waals surface area (Å²) < 4.78 is 10.6. The number of nitrogens with zero attached hydrogens (tertiary/aromatic N) is 1. The standard InChI is InChI=1S/C31H52N8O8/c1-20(2)18-25(28(42)46-19-21-12-14-22(15-13-21)39(44)45)38-27(41)24(11-9-17-35-29(33)34-6)37-26(40)23(32)10-7-8-16-36-30(43)47-31(3,4)5/h12-15,20,23-25H,7-11,16-19,32H2,1-6H3,(H,36,43)(H,37,40)(H,38,41)(H3,33,34,35)/t23-,24-,25+/m1/s1. The molecule has 0 aliphatic carbocycles.